The topological polar surface area (TPSA) is 35.5 Å². The van der Waals surface area contributed by atoms with Crippen molar-refractivity contribution < 1.29 is 14.3 Å². The van der Waals surface area contributed by atoms with Crippen LogP contribution in [0.2, 0.25) is 0 Å². The van der Waals surface area contributed by atoms with Gasteiger partial charge in [0.15, 0.2) is 5.78 Å². The lowest BCUT2D eigenvalue weighted by molar-refractivity contribution is 0.103. The first-order valence-corrected chi connectivity index (χ1v) is 6.62. The molecule has 1 heterocycles. The van der Waals surface area contributed by atoms with Crippen molar-refractivity contribution in [3.05, 3.63) is 57.6 Å². The number of hydrogen-bond acceptors (Lipinski definition) is 3. The Morgan fingerprint density at radius 3 is 2.79 bits per heavy atom. The first-order chi connectivity index (χ1) is 9.19. The van der Waals surface area contributed by atoms with Crippen LogP contribution in [-0.4, -0.2) is 12.9 Å². The van der Waals surface area contributed by atoms with Gasteiger partial charge in [-0.2, -0.15) is 0 Å². The van der Waals surface area contributed by atoms with E-state index in [-0.39, 0.29) is 5.78 Å². The van der Waals surface area contributed by atoms with Gasteiger partial charge in [0.1, 0.15) is 18.1 Å². The molecule has 96 valence electrons. The van der Waals surface area contributed by atoms with Crippen LogP contribution in [0, 0.1) is 0 Å². The van der Waals surface area contributed by atoms with E-state index in [0.29, 0.717) is 29.2 Å². The quantitative estimate of drug-likeness (QED) is 0.806. The van der Waals surface area contributed by atoms with Crippen LogP contribution in [-0.2, 0) is 6.61 Å². The van der Waals surface area contributed by atoms with Gasteiger partial charge in [-0.1, -0.05) is 22.0 Å². The molecule has 0 amide bonds. The Balaban J connectivity index is 2.18. The van der Waals surface area contributed by atoms with E-state index in [1.807, 2.05) is 18.2 Å². The van der Waals surface area contributed by atoms with Crippen LogP contribution in [0.15, 0.2) is 40.9 Å². The summed E-state index contributed by atoms with van der Waals surface area (Å²) in [6.45, 7) is 0.389. The number of carbonyl (C=O) groups is 1. The van der Waals surface area contributed by atoms with Gasteiger partial charge in [0.05, 0.1) is 12.7 Å². The van der Waals surface area contributed by atoms with Gasteiger partial charge in [0.2, 0.25) is 0 Å². The Bertz CT molecular complexity index is 664. The fourth-order valence-corrected chi connectivity index (χ4v) is 2.49. The molecule has 0 aliphatic carbocycles. The van der Waals surface area contributed by atoms with Crippen molar-refractivity contribution in [3.63, 3.8) is 0 Å². The Kier molecular flexibility index (Phi) is 3.03. The van der Waals surface area contributed by atoms with Crippen LogP contribution in [0.25, 0.3) is 0 Å². The minimum Gasteiger partial charge on any atom is -0.497 e. The third-order valence-electron chi connectivity index (χ3n) is 3.13. The summed E-state index contributed by atoms with van der Waals surface area (Å²) in [7, 11) is 1.59. The van der Waals surface area contributed by atoms with Crippen LogP contribution in [0.3, 0.4) is 0 Å². The lowest BCUT2D eigenvalue weighted by atomic mass is 9.99. The summed E-state index contributed by atoms with van der Waals surface area (Å²) < 4.78 is 11.7. The zero-order valence-electron chi connectivity index (χ0n) is 10.3. The van der Waals surface area contributed by atoms with Gasteiger partial charge in [-0.25, -0.2) is 0 Å². The van der Waals surface area contributed by atoms with Crippen LogP contribution >= 0.6 is 15.9 Å². The molecule has 0 unspecified atom stereocenters. The van der Waals surface area contributed by atoms with E-state index in [4.69, 9.17) is 9.47 Å². The molecular weight excluding hydrogens is 308 g/mol. The molecule has 3 nitrogen and oxygen atoms in total. The molecule has 0 aromatic heterocycles. The number of halogens is 1. The van der Waals surface area contributed by atoms with Gasteiger partial charge in [-0.3, -0.25) is 4.79 Å². The fourth-order valence-electron chi connectivity index (χ4n) is 2.13. The maximum atomic E-state index is 12.6. The third-order valence-corrected chi connectivity index (χ3v) is 3.62. The molecule has 0 atom stereocenters. The molecule has 0 fully saturated rings. The average Bonchev–Trinajstić information content (AvgIpc) is 2.57. The number of fused-ring (bicyclic) bond motifs is 2. The lowest BCUT2D eigenvalue weighted by Crippen LogP contribution is -2.03. The number of hydrogen-bond donors (Lipinski definition) is 0. The maximum absolute atomic E-state index is 12.6. The van der Waals surface area contributed by atoms with E-state index in [1.54, 1.807) is 25.3 Å². The highest BCUT2D eigenvalue weighted by Gasteiger charge is 2.22. The fraction of sp³-hybridized carbons (Fsp3) is 0.133. The van der Waals surface area contributed by atoms with Gasteiger partial charge in [0.25, 0.3) is 0 Å². The maximum Gasteiger partial charge on any atom is 0.197 e. The molecule has 2 aromatic carbocycles. The molecule has 19 heavy (non-hydrogen) atoms. The Labute approximate surface area is 119 Å². The predicted molar refractivity (Wildman–Crippen MR) is 74.9 cm³/mol. The molecule has 1 aliphatic rings. The molecule has 2 aromatic rings. The first kappa shape index (κ1) is 12.2. The van der Waals surface area contributed by atoms with Crippen LogP contribution in [0.4, 0.5) is 0 Å². The number of carbonyl (C=O) groups excluding carboxylic acids is 1. The zero-order chi connectivity index (χ0) is 13.4. The van der Waals surface area contributed by atoms with Crippen LogP contribution < -0.4 is 9.47 Å². The van der Waals surface area contributed by atoms with E-state index in [0.717, 1.165) is 10.0 Å². The van der Waals surface area contributed by atoms with Crippen molar-refractivity contribution in [1.29, 1.82) is 0 Å². The van der Waals surface area contributed by atoms with Gasteiger partial charge in [-0.05, 0) is 30.3 Å². The second-order valence-electron chi connectivity index (χ2n) is 4.28. The van der Waals surface area contributed by atoms with Crippen molar-refractivity contribution >= 4 is 21.7 Å². The number of ether oxygens (including phenoxy) is 2. The zero-order valence-corrected chi connectivity index (χ0v) is 11.9. The van der Waals surface area contributed by atoms with Crippen LogP contribution in [0.5, 0.6) is 11.5 Å². The Morgan fingerprint density at radius 2 is 2.00 bits per heavy atom. The highest BCUT2D eigenvalue weighted by atomic mass is 79.9. The van der Waals surface area contributed by atoms with Crippen molar-refractivity contribution in [2.75, 3.05) is 7.11 Å². The van der Waals surface area contributed by atoms with E-state index in [1.165, 1.54) is 0 Å². The summed E-state index contributed by atoms with van der Waals surface area (Å²) in [5, 5.41) is 0. The van der Waals surface area contributed by atoms with Gasteiger partial charge in [-0.15, -0.1) is 0 Å². The third kappa shape index (κ3) is 2.12. The van der Waals surface area contributed by atoms with Crippen molar-refractivity contribution in [3.8, 4) is 11.5 Å². The summed E-state index contributed by atoms with van der Waals surface area (Å²) in [6, 6.07) is 10.9. The van der Waals surface area contributed by atoms with E-state index in [9.17, 15) is 4.79 Å². The molecule has 4 heteroatoms. The molecule has 3 rings (SSSR count). The summed E-state index contributed by atoms with van der Waals surface area (Å²) in [5.41, 5.74) is 2.08. The number of methoxy groups -OCH3 is 1. The highest BCUT2D eigenvalue weighted by molar-refractivity contribution is 9.10. The SMILES string of the molecule is COc1ccc2c(c1)C(=O)c1cc(Br)ccc1OC2. The highest BCUT2D eigenvalue weighted by Crippen LogP contribution is 2.32. The van der Waals surface area contributed by atoms with Crippen molar-refractivity contribution in [2.24, 2.45) is 0 Å². The van der Waals surface area contributed by atoms with E-state index < -0.39 is 0 Å². The van der Waals surface area contributed by atoms with Crippen molar-refractivity contribution in [1.82, 2.24) is 0 Å². The standard InChI is InChI=1S/C15H11BrO3/c1-18-11-4-2-9-8-19-14-5-3-10(16)6-13(14)15(17)12(9)7-11/h2-7H,8H2,1H3. The minimum absolute atomic E-state index is 0.0392. The average molecular weight is 319 g/mol. The normalized spacial score (nSPS) is 13.1. The first-order valence-electron chi connectivity index (χ1n) is 5.83. The summed E-state index contributed by atoms with van der Waals surface area (Å²) in [5.74, 6) is 1.25. The summed E-state index contributed by atoms with van der Waals surface area (Å²) >= 11 is 3.38. The second kappa shape index (κ2) is 4.70. The van der Waals surface area contributed by atoms with Gasteiger partial charge >= 0.3 is 0 Å². The largest absolute Gasteiger partial charge is 0.497 e. The molecule has 0 N–H and O–H groups in total. The van der Waals surface area contributed by atoms with Crippen molar-refractivity contribution in [2.45, 2.75) is 6.61 Å². The Hall–Kier alpha value is -1.81. The number of ketones is 1. The summed E-state index contributed by atoms with van der Waals surface area (Å²) in [4.78, 5) is 12.6. The predicted octanol–water partition coefficient (Wildman–Crippen LogP) is 3.58. The summed E-state index contributed by atoms with van der Waals surface area (Å²) in [6.07, 6.45) is 0. The second-order valence-corrected chi connectivity index (χ2v) is 5.20. The van der Waals surface area contributed by atoms with E-state index >= 15 is 0 Å². The molecule has 1 aliphatic heterocycles. The van der Waals surface area contributed by atoms with E-state index in [2.05, 4.69) is 15.9 Å². The molecular formula is C15H11BrO3. The molecule has 0 radical (unpaired) electrons. The van der Waals surface area contributed by atoms with Crippen LogP contribution in [0.1, 0.15) is 21.5 Å². The lowest BCUT2D eigenvalue weighted by Gasteiger charge is -2.06. The molecule has 0 saturated heterocycles. The molecule has 0 spiro atoms. The monoisotopic (exact) mass is 318 g/mol. The smallest absolute Gasteiger partial charge is 0.197 e. The van der Waals surface area contributed by atoms with Gasteiger partial charge < -0.3 is 9.47 Å². The molecule has 0 saturated carbocycles. The number of rotatable bonds is 1. The minimum atomic E-state index is -0.0392. The number of benzene rings is 2. The molecule has 0 bridgehead atoms. The Morgan fingerprint density at radius 1 is 1.16 bits per heavy atom. The van der Waals surface area contributed by atoms with Gasteiger partial charge in [0, 0.05) is 15.6 Å².